The molecule has 2 fully saturated rings. The molecule has 33 heavy (non-hydrogen) atoms. The average Bonchev–Trinajstić information content (AvgIpc) is 3.37. The normalized spacial score (nSPS) is 21.1. The number of aromatic amines is 1. The molecule has 4 rings (SSSR count). The first-order chi connectivity index (χ1) is 15.8. The number of H-pyrrole nitrogens is 1. The lowest BCUT2D eigenvalue weighted by atomic mass is 9.88. The molecule has 2 aliphatic heterocycles. The van der Waals surface area contributed by atoms with E-state index in [0.29, 0.717) is 19.5 Å². The summed E-state index contributed by atoms with van der Waals surface area (Å²) in [5.74, 6) is -0.625. The Morgan fingerprint density at radius 2 is 1.97 bits per heavy atom. The first kappa shape index (κ1) is 22.7. The van der Waals surface area contributed by atoms with E-state index in [9.17, 15) is 24.0 Å². The van der Waals surface area contributed by atoms with Crippen LogP contribution in [0.3, 0.4) is 0 Å². The molecule has 0 radical (unpaired) electrons. The molecule has 2 aromatic rings. The van der Waals surface area contributed by atoms with E-state index in [1.807, 2.05) is 4.90 Å². The van der Waals surface area contributed by atoms with Gasteiger partial charge < -0.3 is 15.2 Å². The summed E-state index contributed by atoms with van der Waals surface area (Å²) in [6.45, 7) is 3.19. The number of carbonyl (C=O) groups excluding carboxylic acids is 4. The second-order valence-electron chi connectivity index (χ2n) is 8.66. The summed E-state index contributed by atoms with van der Waals surface area (Å²) in [7, 11) is 0. The zero-order valence-electron chi connectivity index (χ0n) is 18.6. The summed E-state index contributed by atoms with van der Waals surface area (Å²) in [6, 6.07) is 1.40. The molecule has 11 nitrogen and oxygen atoms in total. The summed E-state index contributed by atoms with van der Waals surface area (Å²) in [4.78, 5) is 66.4. The van der Waals surface area contributed by atoms with Crippen LogP contribution in [-0.4, -0.2) is 73.7 Å². The Kier molecular flexibility index (Phi) is 6.57. The second kappa shape index (κ2) is 9.55. The zero-order valence-corrected chi connectivity index (χ0v) is 18.6. The highest BCUT2D eigenvalue weighted by molar-refractivity contribution is 6.02. The van der Waals surface area contributed by atoms with Crippen LogP contribution in [-0.2, 0) is 14.4 Å². The molecule has 0 aromatic carbocycles. The number of aromatic nitrogens is 3. The molecule has 2 unspecified atom stereocenters. The van der Waals surface area contributed by atoms with Gasteiger partial charge in [0, 0.05) is 63.4 Å². The summed E-state index contributed by atoms with van der Waals surface area (Å²) in [5, 5.41) is 6.96. The van der Waals surface area contributed by atoms with Gasteiger partial charge in [0.25, 0.3) is 11.5 Å². The number of hydrogen-bond acceptors (Lipinski definition) is 6. The molecule has 2 saturated heterocycles. The minimum atomic E-state index is -0.384. The Balaban J connectivity index is 1.33. The maximum Gasteiger partial charge on any atom is 0.273 e. The van der Waals surface area contributed by atoms with E-state index in [0.717, 1.165) is 12.8 Å². The fourth-order valence-corrected chi connectivity index (χ4v) is 4.69. The van der Waals surface area contributed by atoms with Crippen LogP contribution in [0.4, 0.5) is 0 Å². The van der Waals surface area contributed by atoms with Crippen LogP contribution in [0, 0.1) is 5.92 Å². The molecule has 176 valence electrons. The molecule has 11 heteroatoms. The maximum absolute atomic E-state index is 12.9. The van der Waals surface area contributed by atoms with E-state index in [2.05, 4.69) is 22.3 Å². The molecule has 4 amide bonds. The van der Waals surface area contributed by atoms with Gasteiger partial charge in [-0.3, -0.25) is 28.9 Å². The highest BCUT2D eigenvalue weighted by Crippen LogP contribution is 2.26. The first-order valence-corrected chi connectivity index (χ1v) is 11.3. The summed E-state index contributed by atoms with van der Waals surface area (Å²) >= 11 is 0. The number of amides is 4. The van der Waals surface area contributed by atoms with Crippen LogP contribution in [0.2, 0.25) is 0 Å². The fourth-order valence-electron chi connectivity index (χ4n) is 4.69. The highest BCUT2D eigenvalue weighted by atomic mass is 16.2. The molecule has 0 aliphatic carbocycles. The van der Waals surface area contributed by atoms with Gasteiger partial charge in [0.1, 0.15) is 5.52 Å². The average molecular weight is 457 g/mol. The fraction of sp³-hybridized carbons (Fsp3) is 0.545. The van der Waals surface area contributed by atoms with Gasteiger partial charge in [-0.1, -0.05) is 6.92 Å². The summed E-state index contributed by atoms with van der Waals surface area (Å²) in [6.07, 6.45) is 6.03. The monoisotopic (exact) mass is 456 g/mol. The summed E-state index contributed by atoms with van der Waals surface area (Å²) < 4.78 is 1.35. The molecule has 2 atom stereocenters. The van der Waals surface area contributed by atoms with E-state index in [-0.39, 0.29) is 78.2 Å². The van der Waals surface area contributed by atoms with E-state index in [1.54, 1.807) is 6.20 Å². The van der Waals surface area contributed by atoms with Crippen molar-refractivity contribution in [2.45, 2.75) is 51.5 Å². The number of hydrogen-bond donors (Lipinski definition) is 2. The first-order valence-electron chi connectivity index (χ1n) is 11.3. The third kappa shape index (κ3) is 4.81. The summed E-state index contributed by atoms with van der Waals surface area (Å²) in [5.41, 5.74) is 0.109. The van der Waals surface area contributed by atoms with Crippen molar-refractivity contribution in [3.63, 3.8) is 0 Å². The quantitative estimate of drug-likeness (QED) is 0.576. The van der Waals surface area contributed by atoms with Gasteiger partial charge in [0.15, 0.2) is 5.69 Å². The number of piperidine rings is 1. The van der Waals surface area contributed by atoms with Gasteiger partial charge in [-0.2, -0.15) is 5.10 Å². The van der Waals surface area contributed by atoms with Crippen molar-refractivity contribution < 1.29 is 19.2 Å². The van der Waals surface area contributed by atoms with Crippen LogP contribution in [0.25, 0.3) is 5.52 Å². The molecular weight excluding hydrogens is 428 g/mol. The minimum absolute atomic E-state index is 0.0413. The van der Waals surface area contributed by atoms with Crippen molar-refractivity contribution in [2.24, 2.45) is 5.92 Å². The molecule has 2 N–H and O–H groups in total. The van der Waals surface area contributed by atoms with Gasteiger partial charge in [-0.05, 0) is 25.2 Å². The lowest BCUT2D eigenvalue weighted by Gasteiger charge is -2.40. The van der Waals surface area contributed by atoms with Crippen molar-refractivity contribution in [3.8, 4) is 0 Å². The molecule has 0 saturated carbocycles. The van der Waals surface area contributed by atoms with Crippen molar-refractivity contribution in [1.29, 1.82) is 0 Å². The van der Waals surface area contributed by atoms with Crippen molar-refractivity contribution in [3.05, 3.63) is 34.5 Å². The van der Waals surface area contributed by atoms with Crippen LogP contribution in [0.1, 0.15) is 55.9 Å². The van der Waals surface area contributed by atoms with Crippen LogP contribution < -0.4 is 10.9 Å². The molecule has 0 spiro atoms. The Morgan fingerprint density at radius 3 is 2.70 bits per heavy atom. The Bertz CT molecular complexity index is 1120. The van der Waals surface area contributed by atoms with Crippen LogP contribution >= 0.6 is 0 Å². The smallest absolute Gasteiger partial charge is 0.273 e. The van der Waals surface area contributed by atoms with Gasteiger partial charge in [0.05, 0.1) is 0 Å². The number of nitrogens with one attached hydrogen (secondary N) is 2. The molecular formula is C22H28N6O5. The standard InChI is InChI=1S/C22H28N6O5/c1-14-3-2-10-26(20(31)7-11-27-18(29)4-5-19(27)30)16(14)6-8-23-21(32)15-13-17-22(33)24-9-12-28(17)25-15/h9,12-14,16H,2-8,10-11H2,1H3,(H,23,32)(H,24,33). The number of likely N-dealkylation sites (tertiary alicyclic amines) is 2. The molecule has 0 bridgehead atoms. The third-order valence-corrected chi connectivity index (χ3v) is 6.50. The number of imide groups is 1. The minimum Gasteiger partial charge on any atom is -0.351 e. The van der Waals surface area contributed by atoms with E-state index < -0.39 is 0 Å². The number of carbonyl (C=O) groups is 4. The number of rotatable bonds is 7. The van der Waals surface area contributed by atoms with Gasteiger partial charge in [-0.15, -0.1) is 0 Å². The number of fused-ring (bicyclic) bond motifs is 1. The number of nitrogens with zero attached hydrogens (tertiary/aromatic N) is 4. The second-order valence-corrected chi connectivity index (χ2v) is 8.66. The van der Waals surface area contributed by atoms with Crippen molar-refractivity contribution in [1.82, 2.24) is 29.7 Å². The maximum atomic E-state index is 12.9. The Hall–Kier alpha value is -3.50. The Labute approximate surface area is 190 Å². The lowest BCUT2D eigenvalue weighted by molar-refractivity contribution is -0.140. The van der Waals surface area contributed by atoms with E-state index in [4.69, 9.17) is 0 Å². The van der Waals surface area contributed by atoms with Crippen LogP contribution in [0.5, 0.6) is 0 Å². The van der Waals surface area contributed by atoms with Gasteiger partial charge >= 0.3 is 0 Å². The Morgan fingerprint density at radius 1 is 1.21 bits per heavy atom. The molecule has 4 heterocycles. The largest absolute Gasteiger partial charge is 0.351 e. The predicted molar refractivity (Wildman–Crippen MR) is 117 cm³/mol. The zero-order chi connectivity index (χ0) is 23.5. The lowest BCUT2D eigenvalue weighted by Crippen LogP contribution is -2.49. The van der Waals surface area contributed by atoms with Gasteiger partial charge in [0.2, 0.25) is 17.7 Å². The van der Waals surface area contributed by atoms with E-state index >= 15 is 0 Å². The van der Waals surface area contributed by atoms with Gasteiger partial charge in [-0.25, -0.2) is 4.52 Å². The van der Waals surface area contributed by atoms with Crippen LogP contribution in [0.15, 0.2) is 23.3 Å². The van der Waals surface area contributed by atoms with Crippen molar-refractivity contribution >= 4 is 29.1 Å². The van der Waals surface area contributed by atoms with Crippen molar-refractivity contribution in [2.75, 3.05) is 19.6 Å². The third-order valence-electron chi connectivity index (χ3n) is 6.50. The molecule has 2 aromatic heterocycles. The molecule has 2 aliphatic rings. The van der Waals surface area contributed by atoms with E-state index in [1.165, 1.54) is 21.7 Å². The SMILES string of the molecule is CC1CCCN(C(=O)CCN2C(=O)CCC2=O)C1CCNC(=O)c1cc2c(=O)[nH]ccn2n1. The predicted octanol–water partition coefficient (Wildman–Crippen LogP) is 0.309. The topological polar surface area (TPSA) is 137 Å². The highest BCUT2D eigenvalue weighted by Gasteiger charge is 2.33.